The molecule has 150 valence electrons. The largest absolute Gasteiger partial charge is 0.370 e. The third-order valence-electron chi connectivity index (χ3n) is 5.17. The van der Waals surface area contributed by atoms with E-state index in [1.165, 1.54) is 6.26 Å². The highest BCUT2D eigenvalue weighted by Crippen LogP contribution is 2.28. The summed E-state index contributed by atoms with van der Waals surface area (Å²) in [6.45, 7) is 1.71. The highest BCUT2D eigenvalue weighted by Gasteiger charge is 2.26. The van der Waals surface area contributed by atoms with Gasteiger partial charge >= 0.3 is 0 Å². The van der Waals surface area contributed by atoms with Gasteiger partial charge in [0.15, 0.2) is 5.65 Å². The Hall–Kier alpha value is -2.10. The Bertz CT molecular complexity index is 1150. The average molecular weight is 430 g/mol. The molecule has 0 aliphatic carbocycles. The van der Waals surface area contributed by atoms with Crippen molar-refractivity contribution in [3.8, 4) is 11.3 Å². The summed E-state index contributed by atoms with van der Waals surface area (Å²) in [5, 5.41) is 8.33. The maximum absolute atomic E-state index is 11.9. The number of benzene rings is 1. The highest BCUT2D eigenvalue weighted by molar-refractivity contribution is 7.88. The van der Waals surface area contributed by atoms with Gasteiger partial charge in [-0.05, 0) is 30.3 Å². The number of sulfonamides is 1. The van der Waals surface area contributed by atoms with E-state index in [4.69, 9.17) is 19.4 Å². The van der Waals surface area contributed by atoms with Gasteiger partial charge in [-0.25, -0.2) is 17.7 Å². The summed E-state index contributed by atoms with van der Waals surface area (Å²) in [7, 11) is 2.88. The van der Waals surface area contributed by atoms with E-state index in [1.807, 2.05) is 30.3 Å². The van der Waals surface area contributed by atoms with Crippen LogP contribution in [0.5, 0.6) is 0 Å². The number of halogens is 1. The zero-order chi connectivity index (χ0) is 20.6. The lowest BCUT2D eigenvalue weighted by Crippen LogP contribution is -2.41. The van der Waals surface area contributed by atoms with Gasteiger partial charge in [-0.1, -0.05) is 29.8 Å². The first-order valence-corrected chi connectivity index (χ1v) is 11.6. The van der Waals surface area contributed by atoms with Crippen LogP contribution in [0.25, 0.3) is 16.9 Å². The lowest BCUT2D eigenvalue weighted by molar-refractivity contribution is 0.276. The highest BCUT2D eigenvalue weighted by atomic mass is 35.5. The first-order chi connectivity index (χ1) is 13.8. The SMILES string of the molecule is [B]c1cnn2c(NCC3CCCN(S(C)(=O)=O)C3)cc(-c3ccccc3Cl)nc12. The van der Waals surface area contributed by atoms with Gasteiger partial charge in [0, 0.05) is 42.5 Å². The third kappa shape index (κ3) is 4.27. The number of anilines is 1. The lowest BCUT2D eigenvalue weighted by Gasteiger charge is -2.31. The first kappa shape index (κ1) is 20.2. The number of piperidine rings is 1. The van der Waals surface area contributed by atoms with E-state index in [-0.39, 0.29) is 5.92 Å². The van der Waals surface area contributed by atoms with E-state index in [1.54, 1.807) is 15.0 Å². The Kier molecular flexibility index (Phi) is 5.55. The van der Waals surface area contributed by atoms with Gasteiger partial charge in [0.05, 0.1) is 11.9 Å². The van der Waals surface area contributed by atoms with E-state index >= 15 is 0 Å². The minimum absolute atomic E-state index is 0.207. The molecule has 0 spiro atoms. The number of nitrogens with zero attached hydrogens (tertiary/aromatic N) is 4. The van der Waals surface area contributed by atoms with Gasteiger partial charge in [-0.3, -0.25) is 0 Å². The summed E-state index contributed by atoms with van der Waals surface area (Å²) in [6.07, 6.45) is 4.64. The normalized spacial score (nSPS) is 18.2. The summed E-state index contributed by atoms with van der Waals surface area (Å²) in [5.74, 6) is 0.941. The molecule has 10 heteroatoms. The molecule has 0 amide bonds. The van der Waals surface area contributed by atoms with Crippen LogP contribution in [0.15, 0.2) is 36.5 Å². The molecule has 1 atom stereocenters. The van der Waals surface area contributed by atoms with Crippen molar-refractivity contribution in [2.24, 2.45) is 5.92 Å². The Morgan fingerprint density at radius 1 is 1.34 bits per heavy atom. The van der Waals surface area contributed by atoms with E-state index in [0.717, 1.165) is 24.2 Å². The standard InChI is InChI=1S/C19H21BClN5O2S/c1-29(27,28)25-8-4-5-13(12-25)10-22-18-9-17(14-6-2-3-7-16(14)21)24-19-15(20)11-23-26(18)19/h2-3,6-7,9,11,13,22H,4-5,8,10,12H2,1H3. The van der Waals surface area contributed by atoms with Crippen LogP contribution in [0.2, 0.25) is 5.02 Å². The predicted molar refractivity (Wildman–Crippen MR) is 116 cm³/mol. The van der Waals surface area contributed by atoms with Crippen LogP contribution >= 0.6 is 11.6 Å². The van der Waals surface area contributed by atoms with Gasteiger partial charge in [0.2, 0.25) is 10.0 Å². The molecule has 1 saturated heterocycles. The van der Waals surface area contributed by atoms with Crippen molar-refractivity contribution in [3.05, 3.63) is 41.6 Å². The second-order valence-electron chi connectivity index (χ2n) is 7.35. The molecule has 0 saturated carbocycles. The van der Waals surface area contributed by atoms with Crippen LogP contribution in [-0.4, -0.2) is 61.1 Å². The van der Waals surface area contributed by atoms with Crippen molar-refractivity contribution in [1.82, 2.24) is 18.9 Å². The molecule has 3 heterocycles. The first-order valence-electron chi connectivity index (χ1n) is 9.41. The van der Waals surface area contributed by atoms with Crippen molar-refractivity contribution in [3.63, 3.8) is 0 Å². The minimum atomic E-state index is -3.17. The zero-order valence-corrected chi connectivity index (χ0v) is 17.6. The molecular formula is C19H21BClN5O2S. The van der Waals surface area contributed by atoms with Crippen LogP contribution in [0, 0.1) is 5.92 Å². The summed E-state index contributed by atoms with van der Waals surface area (Å²) in [6, 6.07) is 9.38. The number of nitrogens with one attached hydrogen (secondary N) is 1. The van der Waals surface area contributed by atoms with Crippen molar-refractivity contribution in [2.45, 2.75) is 12.8 Å². The van der Waals surface area contributed by atoms with Crippen molar-refractivity contribution < 1.29 is 8.42 Å². The van der Waals surface area contributed by atoms with Gasteiger partial charge in [-0.15, -0.1) is 0 Å². The fourth-order valence-electron chi connectivity index (χ4n) is 3.66. The number of rotatable bonds is 5. The van der Waals surface area contributed by atoms with Crippen LogP contribution in [0.3, 0.4) is 0 Å². The van der Waals surface area contributed by atoms with E-state index in [2.05, 4.69) is 15.4 Å². The molecule has 1 aromatic carbocycles. The molecule has 2 radical (unpaired) electrons. The van der Waals surface area contributed by atoms with Crippen LogP contribution in [-0.2, 0) is 10.0 Å². The zero-order valence-electron chi connectivity index (χ0n) is 16.0. The Labute approximate surface area is 176 Å². The molecule has 29 heavy (non-hydrogen) atoms. The Morgan fingerprint density at radius 2 is 2.14 bits per heavy atom. The molecule has 1 aliphatic rings. The Balaban J connectivity index is 1.62. The molecule has 1 N–H and O–H groups in total. The number of hydrogen-bond acceptors (Lipinski definition) is 5. The molecule has 2 aromatic heterocycles. The minimum Gasteiger partial charge on any atom is -0.370 e. The fraction of sp³-hybridized carbons (Fsp3) is 0.368. The quantitative estimate of drug-likeness (QED) is 0.627. The predicted octanol–water partition coefficient (Wildman–Crippen LogP) is 1.93. The molecule has 1 aliphatic heterocycles. The summed E-state index contributed by atoms with van der Waals surface area (Å²) in [4.78, 5) is 4.63. The molecule has 1 fully saturated rings. The smallest absolute Gasteiger partial charge is 0.211 e. The molecule has 4 rings (SSSR count). The van der Waals surface area contributed by atoms with Crippen molar-refractivity contribution in [2.75, 3.05) is 31.2 Å². The van der Waals surface area contributed by atoms with Gasteiger partial charge in [-0.2, -0.15) is 9.61 Å². The monoisotopic (exact) mass is 429 g/mol. The molecular weight excluding hydrogens is 409 g/mol. The second kappa shape index (κ2) is 7.97. The van der Waals surface area contributed by atoms with Crippen LogP contribution in [0.1, 0.15) is 12.8 Å². The number of hydrogen-bond donors (Lipinski definition) is 1. The summed E-state index contributed by atoms with van der Waals surface area (Å²) >= 11 is 6.36. The van der Waals surface area contributed by atoms with Crippen LogP contribution in [0.4, 0.5) is 5.82 Å². The Morgan fingerprint density at radius 3 is 2.90 bits per heavy atom. The van der Waals surface area contributed by atoms with Gasteiger partial charge in [0.1, 0.15) is 13.7 Å². The van der Waals surface area contributed by atoms with Gasteiger partial charge < -0.3 is 5.32 Å². The number of aromatic nitrogens is 3. The van der Waals surface area contributed by atoms with E-state index in [0.29, 0.717) is 41.5 Å². The van der Waals surface area contributed by atoms with E-state index in [9.17, 15) is 8.42 Å². The number of fused-ring (bicyclic) bond motifs is 1. The topological polar surface area (TPSA) is 79.6 Å². The van der Waals surface area contributed by atoms with Gasteiger partial charge in [0.25, 0.3) is 0 Å². The molecule has 1 unspecified atom stereocenters. The molecule has 3 aromatic rings. The fourth-order valence-corrected chi connectivity index (χ4v) is 4.83. The second-order valence-corrected chi connectivity index (χ2v) is 9.74. The van der Waals surface area contributed by atoms with E-state index < -0.39 is 10.0 Å². The van der Waals surface area contributed by atoms with Crippen molar-refractivity contribution >= 4 is 46.4 Å². The molecule has 7 nitrogen and oxygen atoms in total. The van der Waals surface area contributed by atoms with Crippen LogP contribution < -0.4 is 10.8 Å². The van der Waals surface area contributed by atoms with Crippen molar-refractivity contribution in [1.29, 1.82) is 0 Å². The molecule has 0 bridgehead atoms. The maximum atomic E-state index is 11.9. The summed E-state index contributed by atoms with van der Waals surface area (Å²) < 4.78 is 27.0. The third-order valence-corrected chi connectivity index (χ3v) is 6.77. The average Bonchev–Trinajstić information content (AvgIpc) is 3.07. The lowest BCUT2D eigenvalue weighted by atomic mass is 9.99. The summed E-state index contributed by atoms with van der Waals surface area (Å²) in [5.41, 5.74) is 2.52. The maximum Gasteiger partial charge on any atom is 0.211 e.